The van der Waals surface area contributed by atoms with E-state index in [4.69, 9.17) is 0 Å². The number of nitrogens with zero attached hydrogens (tertiary/aromatic N) is 1. The Labute approximate surface area is 96.7 Å². The Morgan fingerprint density at radius 3 is 2.38 bits per heavy atom. The zero-order valence-corrected chi connectivity index (χ0v) is 10.3. The standard InChI is InChI=1S/C13H19NO2/c1-10-7-5-6-8-11(10)9-13(2,12(15)16)14(3)4/h5-8H,9H2,1-4H3,(H,15,16). The molecule has 1 unspecified atom stereocenters. The molecule has 0 aliphatic heterocycles. The fraction of sp³-hybridized carbons (Fsp3) is 0.462. The van der Waals surface area contributed by atoms with Gasteiger partial charge in [0.2, 0.25) is 0 Å². The Morgan fingerprint density at radius 1 is 1.38 bits per heavy atom. The van der Waals surface area contributed by atoms with E-state index in [0.717, 1.165) is 11.1 Å². The van der Waals surface area contributed by atoms with E-state index < -0.39 is 11.5 Å². The number of hydrogen-bond acceptors (Lipinski definition) is 2. The van der Waals surface area contributed by atoms with Crippen molar-refractivity contribution in [1.82, 2.24) is 4.90 Å². The lowest BCUT2D eigenvalue weighted by molar-refractivity contribution is -0.148. The first-order valence-electron chi connectivity index (χ1n) is 5.33. The van der Waals surface area contributed by atoms with Crippen LogP contribution in [0.5, 0.6) is 0 Å². The minimum Gasteiger partial charge on any atom is -0.480 e. The van der Waals surface area contributed by atoms with E-state index in [9.17, 15) is 9.90 Å². The number of rotatable bonds is 4. The fourth-order valence-electron chi connectivity index (χ4n) is 1.60. The van der Waals surface area contributed by atoms with Gasteiger partial charge in [-0.2, -0.15) is 0 Å². The molecule has 3 nitrogen and oxygen atoms in total. The maximum absolute atomic E-state index is 11.3. The van der Waals surface area contributed by atoms with Gasteiger partial charge >= 0.3 is 5.97 Å². The van der Waals surface area contributed by atoms with Crippen LogP contribution in [0.4, 0.5) is 0 Å². The number of carbonyl (C=O) groups is 1. The molecule has 0 radical (unpaired) electrons. The average Bonchev–Trinajstić information content (AvgIpc) is 2.20. The molecule has 16 heavy (non-hydrogen) atoms. The van der Waals surface area contributed by atoms with Gasteiger partial charge in [-0.05, 0) is 39.1 Å². The fourth-order valence-corrected chi connectivity index (χ4v) is 1.60. The lowest BCUT2D eigenvalue weighted by atomic mass is 9.89. The zero-order valence-electron chi connectivity index (χ0n) is 10.3. The highest BCUT2D eigenvalue weighted by molar-refractivity contribution is 5.78. The van der Waals surface area contributed by atoms with Crippen LogP contribution in [0.1, 0.15) is 18.1 Å². The minimum atomic E-state index is -0.855. The molecular weight excluding hydrogens is 202 g/mol. The number of carboxylic acids is 1. The molecule has 1 atom stereocenters. The van der Waals surface area contributed by atoms with Crippen molar-refractivity contribution in [1.29, 1.82) is 0 Å². The van der Waals surface area contributed by atoms with E-state index in [1.54, 1.807) is 25.9 Å². The topological polar surface area (TPSA) is 40.5 Å². The summed E-state index contributed by atoms with van der Waals surface area (Å²) in [4.78, 5) is 13.1. The monoisotopic (exact) mass is 221 g/mol. The molecule has 1 N–H and O–H groups in total. The van der Waals surface area contributed by atoms with Crippen molar-refractivity contribution in [2.24, 2.45) is 0 Å². The molecule has 0 aliphatic rings. The van der Waals surface area contributed by atoms with E-state index in [1.165, 1.54) is 0 Å². The summed E-state index contributed by atoms with van der Waals surface area (Å²) in [5.74, 6) is -0.791. The summed E-state index contributed by atoms with van der Waals surface area (Å²) in [6, 6.07) is 7.90. The van der Waals surface area contributed by atoms with Gasteiger partial charge in [0.25, 0.3) is 0 Å². The molecule has 88 valence electrons. The average molecular weight is 221 g/mol. The lowest BCUT2D eigenvalue weighted by Crippen LogP contribution is -2.50. The predicted octanol–water partition coefficient (Wildman–Crippen LogP) is 1.94. The van der Waals surface area contributed by atoms with E-state index in [-0.39, 0.29) is 0 Å². The molecule has 0 aliphatic carbocycles. The Morgan fingerprint density at radius 2 is 1.94 bits per heavy atom. The summed E-state index contributed by atoms with van der Waals surface area (Å²) in [6.45, 7) is 3.76. The SMILES string of the molecule is Cc1ccccc1CC(C)(C(=O)O)N(C)C. The van der Waals surface area contributed by atoms with Gasteiger partial charge < -0.3 is 5.11 Å². The van der Waals surface area contributed by atoms with Crippen molar-refractivity contribution in [3.63, 3.8) is 0 Å². The van der Waals surface area contributed by atoms with E-state index in [0.29, 0.717) is 6.42 Å². The number of aryl methyl sites for hydroxylation is 1. The molecule has 0 saturated heterocycles. The Hall–Kier alpha value is -1.35. The first kappa shape index (κ1) is 12.7. The van der Waals surface area contributed by atoms with Crippen LogP contribution in [-0.2, 0) is 11.2 Å². The first-order chi connectivity index (χ1) is 7.38. The van der Waals surface area contributed by atoms with Crippen molar-refractivity contribution in [2.75, 3.05) is 14.1 Å². The van der Waals surface area contributed by atoms with Crippen LogP contribution < -0.4 is 0 Å². The largest absolute Gasteiger partial charge is 0.480 e. The third-order valence-electron chi connectivity index (χ3n) is 3.24. The number of aliphatic carboxylic acids is 1. The number of likely N-dealkylation sites (N-methyl/N-ethyl adjacent to an activating group) is 1. The van der Waals surface area contributed by atoms with Crippen LogP contribution >= 0.6 is 0 Å². The summed E-state index contributed by atoms with van der Waals surface area (Å²) in [5.41, 5.74) is 1.37. The Balaban J connectivity index is 3.02. The zero-order chi connectivity index (χ0) is 12.3. The Bertz CT molecular complexity index is 387. The van der Waals surface area contributed by atoms with E-state index >= 15 is 0 Å². The molecule has 0 fully saturated rings. The van der Waals surface area contributed by atoms with E-state index in [1.807, 2.05) is 31.2 Å². The summed E-state index contributed by atoms with van der Waals surface area (Å²) in [7, 11) is 3.60. The maximum Gasteiger partial charge on any atom is 0.324 e. The molecule has 0 heterocycles. The van der Waals surface area contributed by atoms with Gasteiger partial charge in [-0.25, -0.2) is 0 Å². The molecule has 3 heteroatoms. The second-order valence-corrected chi connectivity index (χ2v) is 4.58. The van der Waals surface area contributed by atoms with Crippen LogP contribution in [0.15, 0.2) is 24.3 Å². The summed E-state index contributed by atoms with van der Waals surface area (Å²) in [5, 5.41) is 9.31. The molecular formula is C13H19NO2. The van der Waals surface area contributed by atoms with Gasteiger partial charge in [0.05, 0.1) is 0 Å². The minimum absolute atomic E-state index is 0.516. The van der Waals surface area contributed by atoms with Crippen molar-refractivity contribution in [2.45, 2.75) is 25.8 Å². The second-order valence-electron chi connectivity index (χ2n) is 4.58. The van der Waals surface area contributed by atoms with Gasteiger partial charge in [-0.3, -0.25) is 9.69 Å². The van der Waals surface area contributed by atoms with Crippen molar-refractivity contribution in [3.8, 4) is 0 Å². The van der Waals surface area contributed by atoms with Crippen LogP contribution in [0.25, 0.3) is 0 Å². The smallest absolute Gasteiger partial charge is 0.324 e. The molecule has 0 amide bonds. The van der Waals surface area contributed by atoms with Crippen LogP contribution in [-0.4, -0.2) is 35.6 Å². The molecule has 0 spiro atoms. The van der Waals surface area contributed by atoms with Crippen molar-refractivity contribution in [3.05, 3.63) is 35.4 Å². The first-order valence-corrected chi connectivity index (χ1v) is 5.33. The quantitative estimate of drug-likeness (QED) is 0.844. The van der Waals surface area contributed by atoms with Gasteiger partial charge in [-0.15, -0.1) is 0 Å². The van der Waals surface area contributed by atoms with E-state index in [2.05, 4.69) is 0 Å². The summed E-state index contributed by atoms with van der Waals surface area (Å²) < 4.78 is 0. The highest BCUT2D eigenvalue weighted by Crippen LogP contribution is 2.21. The molecule has 1 aromatic carbocycles. The second kappa shape index (κ2) is 4.66. The highest BCUT2D eigenvalue weighted by Gasteiger charge is 2.35. The summed E-state index contributed by atoms with van der Waals surface area (Å²) in [6.07, 6.45) is 0.516. The van der Waals surface area contributed by atoms with Crippen molar-refractivity contribution >= 4 is 5.97 Å². The summed E-state index contributed by atoms with van der Waals surface area (Å²) >= 11 is 0. The molecule has 1 aromatic rings. The van der Waals surface area contributed by atoms with Gasteiger partial charge in [0.1, 0.15) is 5.54 Å². The maximum atomic E-state index is 11.3. The third kappa shape index (κ3) is 2.42. The third-order valence-corrected chi connectivity index (χ3v) is 3.24. The van der Waals surface area contributed by atoms with Gasteiger partial charge in [-0.1, -0.05) is 24.3 Å². The van der Waals surface area contributed by atoms with Crippen LogP contribution in [0.3, 0.4) is 0 Å². The van der Waals surface area contributed by atoms with Crippen LogP contribution in [0.2, 0.25) is 0 Å². The lowest BCUT2D eigenvalue weighted by Gasteiger charge is -2.32. The molecule has 0 bridgehead atoms. The van der Waals surface area contributed by atoms with Gasteiger partial charge in [0, 0.05) is 6.42 Å². The normalized spacial score (nSPS) is 14.8. The molecule has 0 aromatic heterocycles. The molecule has 1 rings (SSSR count). The molecule has 0 saturated carbocycles. The number of benzene rings is 1. The van der Waals surface area contributed by atoms with Gasteiger partial charge in [0.15, 0.2) is 0 Å². The number of carboxylic acid groups (broad SMARTS) is 1. The van der Waals surface area contributed by atoms with Crippen LogP contribution in [0, 0.1) is 6.92 Å². The Kier molecular flexibility index (Phi) is 3.70. The van der Waals surface area contributed by atoms with Crippen molar-refractivity contribution < 1.29 is 9.90 Å². The highest BCUT2D eigenvalue weighted by atomic mass is 16.4. The predicted molar refractivity (Wildman–Crippen MR) is 64.6 cm³/mol. The number of hydrogen-bond donors (Lipinski definition) is 1.